The minimum Gasteiger partial charge on any atom is -0.464 e. The molecular formula is C13H11N3O5. The maximum atomic E-state index is 12.3. The Hall–Kier alpha value is -3.03. The number of nitrogens with zero attached hydrogens (tertiary/aromatic N) is 3. The Labute approximate surface area is 119 Å². The number of imidazole rings is 1. The van der Waals surface area contributed by atoms with Crippen LogP contribution in [0.4, 0.5) is 5.69 Å². The van der Waals surface area contributed by atoms with Crippen LogP contribution in [0, 0.1) is 10.1 Å². The molecule has 1 aromatic heterocycles. The molecule has 0 saturated carbocycles. The second-order valence-electron chi connectivity index (χ2n) is 4.15. The van der Waals surface area contributed by atoms with Gasteiger partial charge in [-0.1, -0.05) is 0 Å². The Morgan fingerprint density at radius 1 is 1.29 bits per heavy atom. The molecular weight excluding hydrogens is 278 g/mol. The van der Waals surface area contributed by atoms with Crippen molar-refractivity contribution in [3.05, 3.63) is 57.7 Å². The number of nitro groups is 1. The largest absolute Gasteiger partial charge is 0.464 e. The van der Waals surface area contributed by atoms with E-state index in [1.165, 1.54) is 49.2 Å². The molecule has 0 aliphatic heterocycles. The third kappa shape index (κ3) is 2.64. The molecule has 108 valence electrons. The molecule has 0 radical (unpaired) electrons. The molecule has 0 unspecified atom stereocenters. The normalized spacial score (nSPS) is 10.2. The molecule has 0 amide bonds. The van der Waals surface area contributed by atoms with E-state index < -0.39 is 16.7 Å². The predicted octanol–water partition coefficient (Wildman–Crippen LogP) is 1.35. The molecule has 8 nitrogen and oxygen atoms in total. The van der Waals surface area contributed by atoms with Crippen LogP contribution in [-0.2, 0) is 11.8 Å². The van der Waals surface area contributed by atoms with E-state index in [4.69, 9.17) is 0 Å². The van der Waals surface area contributed by atoms with Gasteiger partial charge in [-0.25, -0.2) is 9.78 Å². The Balaban J connectivity index is 2.34. The summed E-state index contributed by atoms with van der Waals surface area (Å²) in [4.78, 5) is 37.6. The zero-order valence-electron chi connectivity index (χ0n) is 11.3. The average Bonchev–Trinajstić information content (AvgIpc) is 2.87. The quantitative estimate of drug-likeness (QED) is 0.364. The third-order valence-electron chi connectivity index (χ3n) is 2.93. The number of hydrogen-bond acceptors (Lipinski definition) is 6. The first-order valence-corrected chi connectivity index (χ1v) is 5.85. The van der Waals surface area contributed by atoms with Gasteiger partial charge in [0.15, 0.2) is 5.82 Å². The summed E-state index contributed by atoms with van der Waals surface area (Å²) >= 11 is 0. The van der Waals surface area contributed by atoms with Crippen LogP contribution in [0.2, 0.25) is 0 Å². The highest BCUT2D eigenvalue weighted by atomic mass is 16.6. The zero-order chi connectivity index (χ0) is 15.6. The van der Waals surface area contributed by atoms with E-state index in [1.54, 1.807) is 0 Å². The molecule has 0 saturated heterocycles. The molecule has 0 N–H and O–H groups in total. The van der Waals surface area contributed by atoms with Crippen LogP contribution >= 0.6 is 0 Å². The van der Waals surface area contributed by atoms with Crippen molar-refractivity contribution in [2.75, 3.05) is 7.11 Å². The first-order valence-electron chi connectivity index (χ1n) is 5.85. The van der Waals surface area contributed by atoms with Gasteiger partial charge in [0.05, 0.1) is 18.2 Å². The second kappa shape index (κ2) is 5.53. The maximum absolute atomic E-state index is 12.3. The number of nitro benzene ring substituents is 1. The summed E-state index contributed by atoms with van der Waals surface area (Å²) in [5.74, 6) is -1.00. The lowest BCUT2D eigenvalue weighted by Crippen LogP contribution is -2.13. The van der Waals surface area contributed by atoms with Crippen LogP contribution in [-0.4, -0.2) is 33.3 Å². The first kappa shape index (κ1) is 14.4. The Bertz CT molecular complexity index is 718. The SMILES string of the molecule is COC(=O)c1cnc(C(=O)c2ccc([N+](=O)[O-])cc2)n1C. The lowest BCUT2D eigenvalue weighted by molar-refractivity contribution is -0.384. The summed E-state index contributed by atoms with van der Waals surface area (Å²) < 4.78 is 5.89. The topological polar surface area (TPSA) is 104 Å². The fourth-order valence-corrected chi connectivity index (χ4v) is 1.78. The van der Waals surface area contributed by atoms with E-state index in [2.05, 4.69) is 9.72 Å². The number of rotatable bonds is 4. The van der Waals surface area contributed by atoms with Crippen molar-refractivity contribution in [3.63, 3.8) is 0 Å². The van der Waals surface area contributed by atoms with E-state index in [-0.39, 0.29) is 22.8 Å². The number of benzene rings is 1. The van der Waals surface area contributed by atoms with Gasteiger partial charge in [0.2, 0.25) is 5.78 Å². The predicted molar refractivity (Wildman–Crippen MR) is 71.1 cm³/mol. The van der Waals surface area contributed by atoms with Gasteiger partial charge in [-0.15, -0.1) is 0 Å². The second-order valence-corrected chi connectivity index (χ2v) is 4.15. The summed E-state index contributed by atoms with van der Waals surface area (Å²) in [7, 11) is 2.74. The van der Waals surface area contributed by atoms with E-state index in [0.717, 1.165) is 0 Å². The number of ketones is 1. The number of carbonyl (C=O) groups is 2. The van der Waals surface area contributed by atoms with Gasteiger partial charge < -0.3 is 9.30 Å². The number of esters is 1. The smallest absolute Gasteiger partial charge is 0.356 e. The fraction of sp³-hybridized carbons (Fsp3) is 0.154. The third-order valence-corrected chi connectivity index (χ3v) is 2.93. The van der Waals surface area contributed by atoms with Gasteiger partial charge in [-0.3, -0.25) is 14.9 Å². The monoisotopic (exact) mass is 289 g/mol. The number of non-ortho nitro benzene ring substituents is 1. The summed E-state index contributed by atoms with van der Waals surface area (Å²) in [6.07, 6.45) is 1.24. The molecule has 21 heavy (non-hydrogen) atoms. The van der Waals surface area contributed by atoms with Crippen molar-refractivity contribution in [3.8, 4) is 0 Å². The van der Waals surface area contributed by atoms with Crippen molar-refractivity contribution >= 4 is 17.4 Å². The van der Waals surface area contributed by atoms with Crippen LogP contribution in [0.5, 0.6) is 0 Å². The first-order chi connectivity index (χ1) is 9.95. The number of hydrogen-bond donors (Lipinski definition) is 0. The summed E-state index contributed by atoms with van der Waals surface area (Å²) in [6.45, 7) is 0. The van der Waals surface area contributed by atoms with E-state index in [0.29, 0.717) is 0 Å². The highest BCUT2D eigenvalue weighted by Gasteiger charge is 2.20. The lowest BCUT2D eigenvalue weighted by Gasteiger charge is -2.04. The Kier molecular flexibility index (Phi) is 3.79. The Morgan fingerprint density at radius 3 is 2.43 bits per heavy atom. The van der Waals surface area contributed by atoms with Gasteiger partial charge in [0.1, 0.15) is 5.69 Å². The minimum atomic E-state index is -0.604. The maximum Gasteiger partial charge on any atom is 0.356 e. The van der Waals surface area contributed by atoms with Crippen molar-refractivity contribution in [1.82, 2.24) is 9.55 Å². The standard InChI is InChI=1S/C13H11N3O5/c1-15-10(13(18)21-2)7-14-12(15)11(17)8-3-5-9(6-4-8)16(19)20/h3-7H,1-2H3. The summed E-state index contributed by atoms with van der Waals surface area (Å²) in [5, 5.41) is 10.6. The van der Waals surface area contributed by atoms with Crippen LogP contribution < -0.4 is 0 Å². The number of carbonyl (C=O) groups excluding carboxylic acids is 2. The average molecular weight is 289 g/mol. The highest BCUT2D eigenvalue weighted by molar-refractivity contribution is 6.07. The molecule has 0 aliphatic carbocycles. The molecule has 1 aromatic carbocycles. The molecule has 0 spiro atoms. The van der Waals surface area contributed by atoms with Crippen molar-refractivity contribution in [1.29, 1.82) is 0 Å². The number of methoxy groups -OCH3 is 1. The highest BCUT2D eigenvalue weighted by Crippen LogP contribution is 2.15. The van der Waals surface area contributed by atoms with Gasteiger partial charge in [0.25, 0.3) is 5.69 Å². The summed E-state index contributed by atoms with van der Waals surface area (Å²) in [6, 6.07) is 5.15. The molecule has 1 heterocycles. The fourth-order valence-electron chi connectivity index (χ4n) is 1.78. The minimum absolute atomic E-state index is 0.0456. The summed E-state index contributed by atoms with van der Waals surface area (Å²) in [5.41, 5.74) is 0.273. The van der Waals surface area contributed by atoms with E-state index >= 15 is 0 Å². The van der Waals surface area contributed by atoms with Crippen molar-refractivity contribution < 1.29 is 19.2 Å². The van der Waals surface area contributed by atoms with Crippen molar-refractivity contribution in [2.24, 2.45) is 7.05 Å². The zero-order valence-corrected chi connectivity index (χ0v) is 11.3. The number of aromatic nitrogens is 2. The van der Waals surface area contributed by atoms with Gasteiger partial charge in [0, 0.05) is 24.7 Å². The van der Waals surface area contributed by atoms with E-state index in [9.17, 15) is 19.7 Å². The van der Waals surface area contributed by atoms with E-state index in [1.807, 2.05) is 0 Å². The molecule has 0 aliphatic rings. The molecule has 2 rings (SSSR count). The Morgan fingerprint density at radius 2 is 1.90 bits per heavy atom. The van der Waals surface area contributed by atoms with Crippen molar-refractivity contribution in [2.45, 2.75) is 0 Å². The van der Waals surface area contributed by atoms with Crippen LogP contribution in [0.25, 0.3) is 0 Å². The molecule has 0 atom stereocenters. The number of ether oxygens (including phenoxy) is 1. The van der Waals surface area contributed by atoms with Gasteiger partial charge >= 0.3 is 5.97 Å². The molecule has 0 fully saturated rings. The lowest BCUT2D eigenvalue weighted by atomic mass is 10.1. The van der Waals surface area contributed by atoms with Gasteiger partial charge in [-0.2, -0.15) is 0 Å². The van der Waals surface area contributed by atoms with Crippen LogP contribution in [0.3, 0.4) is 0 Å². The van der Waals surface area contributed by atoms with Crippen LogP contribution in [0.15, 0.2) is 30.5 Å². The molecule has 2 aromatic rings. The molecule has 8 heteroatoms. The van der Waals surface area contributed by atoms with Crippen LogP contribution in [0.1, 0.15) is 26.7 Å². The van der Waals surface area contributed by atoms with Gasteiger partial charge in [-0.05, 0) is 12.1 Å². The molecule has 0 bridgehead atoms.